The van der Waals surface area contributed by atoms with Crippen molar-refractivity contribution < 1.29 is 38.9 Å². The van der Waals surface area contributed by atoms with Gasteiger partial charge in [0, 0.05) is 18.9 Å². The van der Waals surface area contributed by atoms with Gasteiger partial charge in [0.15, 0.2) is 0 Å². The Labute approximate surface area is 247 Å². The third kappa shape index (κ3) is 11.8. The Morgan fingerprint density at radius 3 is 2.24 bits per heavy atom. The highest BCUT2D eigenvalue weighted by atomic mass is 16.6. The van der Waals surface area contributed by atoms with Crippen LogP contribution in [0.2, 0.25) is 0 Å². The summed E-state index contributed by atoms with van der Waals surface area (Å²) in [6, 6.07) is 4.89. The number of carboxylic acids is 1. The number of aliphatic hydroxyl groups excluding tert-OH is 1. The van der Waals surface area contributed by atoms with Gasteiger partial charge < -0.3 is 31.7 Å². The molecule has 1 aromatic rings. The van der Waals surface area contributed by atoms with Gasteiger partial charge in [-0.25, -0.2) is 9.69 Å². The molecular formula is C30H46N4O8. The lowest BCUT2D eigenvalue weighted by molar-refractivity contribution is -0.143. The Kier molecular flexibility index (Phi) is 13.4. The first-order chi connectivity index (χ1) is 19.7. The van der Waals surface area contributed by atoms with E-state index in [0.717, 1.165) is 25.7 Å². The number of aliphatic hydroxyl groups is 1. The van der Waals surface area contributed by atoms with Crippen LogP contribution in [0.1, 0.15) is 84.1 Å². The van der Waals surface area contributed by atoms with Crippen molar-refractivity contribution in [3.05, 3.63) is 35.9 Å². The Morgan fingerprint density at radius 1 is 1.07 bits per heavy atom. The zero-order chi connectivity index (χ0) is 31.4. The number of benzene rings is 1. The lowest BCUT2D eigenvalue weighted by atomic mass is 9.83. The van der Waals surface area contributed by atoms with Gasteiger partial charge in [0.05, 0.1) is 12.5 Å². The molecule has 2 rings (SSSR count). The highest BCUT2D eigenvalue weighted by molar-refractivity contribution is 6.01. The van der Waals surface area contributed by atoms with Crippen molar-refractivity contribution in [2.75, 3.05) is 0 Å². The lowest BCUT2D eigenvalue weighted by Crippen LogP contribution is -2.59. The van der Waals surface area contributed by atoms with E-state index in [2.05, 4.69) is 5.32 Å². The van der Waals surface area contributed by atoms with E-state index in [1.54, 1.807) is 51.1 Å². The van der Waals surface area contributed by atoms with Crippen LogP contribution in [0.5, 0.6) is 0 Å². The summed E-state index contributed by atoms with van der Waals surface area (Å²) < 4.78 is 5.41. The van der Waals surface area contributed by atoms with Gasteiger partial charge in [-0.15, -0.1) is 0 Å². The summed E-state index contributed by atoms with van der Waals surface area (Å²) in [7, 11) is 0. The first kappa shape index (κ1) is 34.7. The zero-order valence-corrected chi connectivity index (χ0v) is 24.8. The molecule has 0 aliphatic heterocycles. The van der Waals surface area contributed by atoms with Crippen LogP contribution in [-0.4, -0.2) is 74.7 Å². The molecule has 1 fully saturated rings. The molecule has 4 atom stereocenters. The summed E-state index contributed by atoms with van der Waals surface area (Å²) in [4.78, 5) is 64.7. The van der Waals surface area contributed by atoms with Gasteiger partial charge in [0.2, 0.25) is 11.8 Å². The van der Waals surface area contributed by atoms with E-state index in [1.807, 2.05) is 0 Å². The summed E-state index contributed by atoms with van der Waals surface area (Å²) in [5.41, 5.74) is 11.4. The van der Waals surface area contributed by atoms with Crippen LogP contribution in [0.3, 0.4) is 0 Å². The van der Waals surface area contributed by atoms with Gasteiger partial charge in [0.25, 0.3) is 5.91 Å². The van der Waals surface area contributed by atoms with Crippen LogP contribution in [0.4, 0.5) is 4.79 Å². The second-order valence-electron chi connectivity index (χ2n) is 12.0. The van der Waals surface area contributed by atoms with Crippen LogP contribution >= 0.6 is 0 Å². The fourth-order valence-corrected chi connectivity index (χ4v) is 5.09. The van der Waals surface area contributed by atoms with Gasteiger partial charge in [-0.1, -0.05) is 62.4 Å². The van der Waals surface area contributed by atoms with Crippen LogP contribution in [0, 0.1) is 5.92 Å². The molecule has 0 spiro atoms. The number of nitrogens with zero attached hydrogens (tertiary/aromatic N) is 1. The molecule has 0 aromatic heterocycles. The Bertz CT molecular complexity index is 1070. The quantitative estimate of drug-likeness (QED) is 0.215. The molecule has 0 heterocycles. The number of ether oxygens (including phenoxy) is 1. The van der Waals surface area contributed by atoms with Crippen molar-refractivity contribution in [3.63, 3.8) is 0 Å². The van der Waals surface area contributed by atoms with E-state index in [9.17, 15) is 34.2 Å². The molecule has 12 heteroatoms. The number of nitrogens with one attached hydrogen (secondary N) is 1. The maximum absolute atomic E-state index is 13.9. The van der Waals surface area contributed by atoms with Crippen molar-refractivity contribution >= 4 is 29.8 Å². The zero-order valence-electron chi connectivity index (χ0n) is 24.8. The van der Waals surface area contributed by atoms with E-state index >= 15 is 0 Å². The number of hydrogen-bond donors (Lipinski definition) is 5. The summed E-state index contributed by atoms with van der Waals surface area (Å²) in [5, 5.41) is 22.4. The van der Waals surface area contributed by atoms with Crippen LogP contribution in [0.15, 0.2) is 30.3 Å². The van der Waals surface area contributed by atoms with Gasteiger partial charge in [-0.05, 0) is 45.1 Å². The van der Waals surface area contributed by atoms with Crippen molar-refractivity contribution in [2.45, 2.75) is 115 Å². The lowest BCUT2D eigenvalue weighted by Gasteiger charge is -2.33. The van der Waals surface area contributed by atoms with Gasteiger partial charge >= 0.3 is 12.1 Å². The fourth-order valence-electron chi connectivity index (χ4n) is 5.09. The topological polar surface area (TPSA) is 202 Å². The Balaban J connectivity index is 2.29. The minimum Gasteiger partial charge on any atom is -0.481 e. The normalized spacial score (nSPS) is 16.9. The van der Waals surface area contributed by atoms with Crippen LogP contribution in [-0.2, 0) is 30.3 Å². The van der Waals surface area contributed by atoms with E-state index in [1.165, 1.54) is 6.42 Å². The minimum atomic E-state index is -1.53. The molecule has 234 valence electrons. The highest BCUT2D eigenvalue weighted by Crippen LogP contribution is 2.28. The monoisotopic (exact) mass is 590 g/mol. The highest BCUT2D eigenvalue weighted by Gasteiger charge is 2.40. The maximum atomic E-state index is 13.9. The third-order valence-corrected chi connectivity index (χ3v) is 7.24. The fraction of sp³-hybridized carbons (Fsp3) is 0.633. The maximum Gasteiger partial charge on any atom is 0.417 e. The number of aliphatic carboxylic acids is 1. The summed E-state index contributed by atoms with van der Waals surface area (Å²) in [6.45, 7) is 4.73. The largest absolute Gasteiger partial charge is 0.481 e. The van der Waals surface area contributed by atoms with E-state index in [0.29, 0.717) is 22.8 Å². The molecule has 7 N–H and O–H groups in total. The molecule has 0 bridgehead atoms. The molecule has 0 saturated heterocycles. The Hall–Kier alpha value is -3.51. The predicted octanol–water partition coefficient (Wildman–Crippen LogP) is 2.25. The molecule has 1 aliphatic rings. The number of rotatable bonds is 14. The summed E-state index contributed by atoms with van der Waals surface area (Å²) >= 11 is 0. The summed E-state index contributed by atoms with van der Waals surface area (Å²) in [5.74, 6) is -3.68. The predicted molar refractivity (Wildman–Crippen MR) is 155 cm³/mol. The van der Waals surface area contributed by atoms with Gasteiger partial charge in [0.1, 0.15) is 17.7 Å². The van der Waals surface area contributed by atoms with E-state index in [4.69, 9.17) is 16.2 Å². The number of imide groups is 1. The van der Waals surface area contributed by atoms with Gasteiger partial charge in [-0.2, -0.15) is 0 Å². The second-order valence-corrected chi connectivity index (χ2v) is 12.0. The number of nitrogens with two attached hydrogens (primary N) is 2. The number of carbonyl (C=O) groups is 5. The molecule has 0 radical (unpaired) electrons. The number of amides is 4. The minimum absolute atomic E-state index is 0.129. The average molecular weight is 591 g/mol. The standard InChI is InChI=1S/C30H46N4O8/c1-30(2,3)42-29(41)34(23(27(32)39)17-20-12-8-5-9-13-20)28(40)22(14-15-26(37)38)33-25(36)18-24(35)21(31)16-19-10-6-4-7-11-19/h5,8-9,12-13,19,21-24,35H,4,6-7,10-11,14-18,31H2,1-3H3,(H2,32,39)(H,33,36)(H,37,38)/t21-,22?,23?,24-/m0/s1. The number of primary amides is 1. The Morgan fingerprint density at radius 2 is 1.69 bits per heavy atom. The SMILES string of the molecule is CC(C)(C)OC(=O)N(C(=O)C(CCC(=O)O)NC(=O)C[C@H](O)[C@@H](N)CC1CCCCC1)C(Cc1ccccc1)C(N)=O. The number of carboxylic acid groups (broad SMARTS) is 1. The first-order valence-electron chi connectivity index (χ1n) is 14.5. The molecular weight excluding hydrogens is 544 g/mol. The number of carbonyl (C=O) groups excluding carboxylic acids is 4. The third-order valence-electron chi connectivity index (χ3n) is 7.24. The van der Waals surface area contributed by atoms with Crippen molar-refractivity contribution in [3.8, 4) is 0 Å². The smallest absolute Gasteiger partial charge is 0.417 e. The van der Waals surface area contributed by atoms with Crippen molar-refractivity contribution in [1.29, 1.82) is 0 Å². The molecule has 4 amide bonds. The average Bonchev–Trinajstić information content (AvgIpc) is 2.90. The van der Waals surface area contributed by atoms with Crippen LogP contribution < -0.4 is 16.8 Å². The van der Waals surface area contributed by atoms with Crippen LogP contribution in [0.25, 0.3) is 0 Å². The van der Waals surface area contributed by atoms with Crippen molar-refractivity contribution in [1.82, 2.24) is 10.2 Å². The first-order valence-corrected chi connectivity index (χ1v) is 14.5. The molecule has 42 heavy (non-hydrogen) atoms. The summed E-state index contributed by atoms with van der Waals surface area (Å²) in [6.07, 6.45) is 2.13. The van der Waals surface area contributed by atoms with Crippen molar-refractivity contribution in [2.24, 2.45) is 17.4 Å². The van der Waals surface area contributed by atoms with E-state index < -0.39 is 72.5 Å². The van der Waals surface area contributed by atoms with E-state index in [-0.39, 0.29) is 12.8 Å². The van der Waals surface area contributed by atoms with Gasteiger partial charge in [-0.3, -0.25) is 19.2 Å². The molecule has 1 saturated carbocycles. The molecule has 12 nitrogen and oxygen atoms in total. The molecule has 2 unspecified atom stereocenters. The number of hydrogen-bond acceptors (Lipinski definition) is 8. The molecule has 1 aromatic carbocycles. The molecule has 1 aliphatic carbocycles. The second kappa shape index (κ2) is 16.2.